The molecule has 0 saturated carbocycles. The van der Waals surface area contributed by atoms with Gasteiger partial charge in [0, 0.05) is 35.1 Å². The van der Waals surface area contributed by atoms with Crippen LogP contribution in [-0.4, -0.2) is 24.0 Å². The molecule has 0 bridgehead atoms. The number of hydrogen-bond acceptors (Lipinski definition) is 3. The van der Waals surface area contributed by atoms with Crippen molar-refractivity contribution in [2.45, 2.75) is 5.92 Å². The first-order valence-corrected chi connectivity index (χ1v) is 9.78. The highest BCUT2D eigenvalue weighted by Gasteiger charge is 2.34. The molecule has 27 heavy (non-hydrogen) atoms. The second-order valence-corrected chi connectivity index (χ2v) is 7.96. The van der Waals surface area contributed by atoms with Crippen molar-refractivity contribution in [3.05, 3.63) is 74.1 Å². The van der Waals surface area contributed by atoms with Gasteiger partial charge in [-0.15, -0.1) is 0 Å². The summed E-state index contributed by atoms with van der Waals surface area (Å²) in [5, 5.41) is 7.82. The molecular formula is C20H17BrClN3O2. The van der Waals surface area contributed by atoms with Crippen molar-refractivity contribution in [2.24, 2.45) is 5.92 Å². The summed E-state index contributed by atoms with van der Waals surface area (Å²) < 4.78 is 0.994. The van der Waals surface area contributed by atoms with Gasteiger partial charge in [0.15, 0.2) is 0 Å². The van der Waals surface area contributed by atoms with E-state index in [0.717, 1.165) is 22.0 Å². The number of nitrogens with one attached hydrogen (secondary N) is 3. The summed E-state index contributed by atoms with van der Waals surface area (Å²) in [6, 6.07) is 13.1. The molecule has 0 radical (unpaired) electrons. The smallest absolute Gasteiger partial charge is 0.255 e. The number of rotatable bonds is 3. The highest BCUT2D eigenvalue weighted by atomic mass is 79.9. The van der Waals surface area contributed by atoms with Gasteiger partial charge in [0.2, 0.25) is 5.91 Å². The van der Waals surface area contributed by atoms with E-state index in [-0.39, 0.29) is 23.3 Å². The van der Waals surface area contributed by atoms with Gasteiger partial charge in [-0.3, -0.25) is 9.59 Å². The number of benzene rings is 2. The zero-order valence-electron chi connectivity index (χ0n) is 14.3. The van der Waals surface area contributed by atoms with Crippen molar-refractivity contribution in [3.8, 4) is 0 Å². The summed E-state index contributed by atoms with van der Waals surface area (Å²) in [4.78, 5) is 27.5. The van der Waals surface area contributed by atoms with E-state index in [0.29, 0.717) is 22.6 Å². The lowest BCUT2D eigenvalue weighted by Crippen LogP contribution is -2.28. The Morgan fingerprint density at radius 1 is 1.19 bits per heavy atom. The van der Waals surface area contributed by atoms with Gasteiger partial charge in [0.25, 0.3) is 5.56 Å². The lowest BCUT2D eigenvalue weighted by atomic mass is 9.88. The van der Waals surface area contributed by atoms with Gasteiger partial charge in [-0.25, -0.2) is 0 Å². The van der Waals surface area contributed by atoms with Crippen LogP contribution in [0.25, 0.3) is 10.8 Å². The molecule has 2 aromatic carbocycles. The maximum absolute atomic E-state index is 12.9. The Bertz CT molecular complexity index is 1080. The zero-order chi connectivity index (χ0) is 19.0. The van der Waals surface area contributed by atoms with E-state index in [1.165, 1.54) is 0 Å². The molecule has 1 saturated heterocycles. The van der Waals surface area contributed by atoms with Gasteiger partial charge in [-0.1, -0.05) is 39.7 Å². The lowest BCUT2D eigenvalue weighted by Gasteiger charge is -2.19. The van der Waals surface area contributed by atoms with Crippen molar-refractivity contribution >= 4 is 49.9 Å². The van der Waals surface area contributed by atoms with Crippen molar-refractivity contribution in [1.29, 1.82) is 0 Å². The quantitative estimate of drug-likeness (QED) is 0.571. The number of halogens is 2. The normalized spacial score (nSPS) is 19.3. The van der Waals surface area contributed by atoms with Gasteiger partial charge in [-0.2, -0.15) is 0 Å². The summed E-state index contributed by atoms with van der Waals surface area (Å²) in [5.41, 5.74) is 1.42. The molecule has 3 N–H and O–H groups in total. The molecule has 4 rings (SSSR count). The van der Waals surface area contributed by atoms with E-state index in [1.807, 2.05) is 24.3 Å². The molecule has 0 spiro atoms. The molecule has 1 aliphatic rings. The van der Waals surface area contributed by atoms with Gasteiger partial charge in [0.05, 0.1) is 16.6 Å². The molecular weight excluding hydrogens is 430 g/mol. The highest BCUT2D eigenvalue weighted by molar-refractivity contribution is 9.10. The number of H-pyrrole nitrogens is 1. The molecule has 1 aliphatic heterocycles. The average molecular weight is 447 g/mol. The molecule has 3 aromatic rings. The predicted molar refractivity (Wildman–Crippen MR) is 111 cm³/mol. The van der Waals surface area contributed by atoms with Crippen LogP contribution in [0.3, 0.4) is 0 Å². The Morgan fingerprint density at radius 2 is 2.04 bits per heavy atom. The maximum Gasteiger partial charge on any atom is 0.255 e. The number of aromatic amines is 1. The number of fused-ring (bicyclic) bond motifs is 1. The molecule has 138 valence electrons. The summed E-state index contributed by atoms with van der Waals surface area (Å²) in [7, 11) is 0. The first-order chi connectivity index (χ1) is 13.0. The molecule has 0 unspecified atom stereocenters. The van der Waals surface area contributed by atoms with Crippen LogP contribution < -0.4 is 16.2 Å². The van der Waals surface area contributed by atoms with Crippen LogP contribution in [0.5, 0.6) is 0 Å². The van der Waals surface area contributed by atoms with E-state index in [1.54, 1.807) is 24.4 Å². The summed E-state index contributed by atoms with van der Waals surface area (Å²) >= 11 is 9.80. The first-order valence-electron chi connectivity index (χ1n) is 8.61. The van der Waals surface area contributed by atoms with E-state index in [4.69, 9.17) is 11.6 Å². The van der Waals surface area contributed by atoms with Gasteiger partial charge in [0.1, 0.15) is 0 Å². The summed E-state index contributed by atoms with van der Waals surface area (Å²) in [6.45, 7) is 1.35. The van der Waals surface area contributed by atoms with Crippen LogP contribution in [0.1, 0.15) is 11.5 Å². The first kappa shape index (κ1) is 18.2. The number of carbonyl (C=O) groups excluding carboxylic acids is 1. The third kappa shape index (κ3) is 3.65. The Hall–Kier alpha value is -2.15. The molecule has 2 heterocycles. The Kier molecular flexibility index (Phi) is 5.04. The largest absolute Gasteiger partial charge is 0.329 e. The van der Waals surface area contributed by atoms with E-state index in [2.05, 4.69) is 31.5 Å². The number of hydrogen-bond donors (Lipinski definition) is 3. The molecule has 1 aromatic heterocycles. The lowest BCUT2D eigenvalue weighted by molar-refractivity contribution is -0.119. The van der Waals surface area contributed by atoms with Crippen LogP contribution in [0.2, 0.25) is 5.02 Å². The minimum Gasteiger partial charge on any atom is -0.329 e. The fourth-order valence-electron chi connectivity index (χ4n) is 3.57. The number of aromatic nitrogens is 1. The number of pyridine rings is 1. The van der Waals surface area contributed by atoms with Crippen LogP contribution in [0.15, 0.2) is 57.9 Å². The van der Waals surface area contributed by atoms with Crippen molar-refractivity contribution < 1.29 is 4.79 Å². The fraction of sp³-hybridized carbons (Fsp3) is 0.200. The Morgan fingerprint density at radius 3 is 2.85 bits per heavy atom. The van der Waals surface area contributed by atoms with Crippen molar-refractivity contribution in [3.63, 3.8) is 0 Å². The van der Waals surface area contributed by atoms with E-state index < -0.39 is 0 Å². The van der Waals surface area contributed by atoms with Crippen LogP contribution in [-0.2, 0) is 4.79 Å². The molecule has 1 amide bonds. The van der Waals surface area contributed by atoms with E-state index in [9.17, 15) is 9.59 Å². The van der Waals surface area contributed by atoms with Gasteiger partial charge >= 0.3 is 0 Å². The fourth-order valence-corrected chi connectivity index (χ4v) is 4.20. The molecule has 5 nitrogen and oxygen atoms in total. The minimum absolute atomic E-state index is 0.0870. The SMILES string of the molecule is O=C(Nc1cc2cc[nH]c(=O)c2cc1Cl)[C@@H]1CNC[C@H]1c1cccc(Br)c1. The standard InChI is InChI=1S/C20H17BrClN3O2/c21-13-3-1-2-11(6-13)15-9-23-10-16(15)20(27)25-18-7-12-4-5-24-19(26)14(12)8-17(18)22/h1-8,15-16,23H,9-10H2,(H,24,26)(H,25,27)/t15-,16+/m0/s1. The van der Waals surface area contributed by atoms with Gasteiger partial charge in [-0.05, 0) is 41.3 Å². The zero-order valence-corrected chi connectivity index (χ0v) is 16.6. The second kappa shape index (κ2) is 7.46. The molecule has 0 aliphatic carbocycles. The maximum atomic E-state index is 12.9. The third-order valence-electron chi connectivity index (χ3n) is 4.95. The topological polar surface area (TPSA) is 74.0 Å². The summed E-state index contributed by atoms with van der Waals surface area (Å²) in [5.74, 6) is -0.203. The highest BCUT2D eigenvalue weighted by Crippen LogP contribution is 2.32. The number of amides is 1. The second-order valence-electron chi connectivity index (χ2n) is 6.64. The monoisotopic (exact) mass is 445 g/mol. The minimum atomic E-state index is -0.206. The number of anilines is 1. The third-order valence-corrected chi connectivity index (χ3v) is 5.75. The van der Waals surface area contributed by atoms with Crippen LogP contribution in [0, 0.1) is 5.92 Å². The molecule has 7 heteroatoms. The Balaban J connectivity index is 1.61. The summed E-state index contributed by atoms with van der Waals surface area (Å²) in [6.07, 6.45) is 1.58. The predicted octanol–water partition coefficient (Wildman–Crippen LogP) is 3.89. The van der Waals surface area contributed by atoms with Crippen LogP contribution in [0.4, 0.5) is 5.69 Å². The molecule has 1 fully saturated rings. The number of carbonyl (C=O) groups is 1. The van der Waals surface area contributed by atoms with Crippen molar-refractivity contribution in [1.82, 2.24) is 10.3 Å². The molecule has 2 atom stereocenters. The van der Waals surface area contributed by atoms with Crippen molar-refractivity contribution in [2.75, 3.05) is 18.4 Å². The van der Waals surface area contributed by atoms with Gasteiger partial charge < -0.3 is 15.6 Å². The van der Waals surface area contributed by atoms with Crippen LogP contribution >= 0.6 is 27.5 Å². The Labute approximate surface area is 169 Å². The average Bonchev–Trinajstić information content (AvgIpc) is 3.13. The van der Waals surface area contributed by atoms with E-state index >= 15 is 0 Å².